The average molecular weight is 246 g/mol. The van der Waals surface area contributed by atoms with E-state index in [-0.39, 0.29) is 17.7 Å². The van der Waals surface area contributed by atoms with Crippen molar-refractivity contribution < 1.29 is 20.1 Å². The molecule has 0 aromatic heterocycles. The molecule has 1 fully saturated rings. The van der Waals surface area contributed by atoms with Gasteiger partial charge in [0.25, 0.3) is 0 Å². The molecule has 17 heavy (non-hydrogen) atoms. The summed E-state index contributed by atoms with van der Waals surface area (Å²) in [5.74, 6) is -0.261. The van der Waals surface area contributed by atoms with Gasteiger partial charge < -0.3 is 26.4 Å². The number of nitrogens with one attached hydrogen (secondary N) is 1. The molecule has 0 radical (unpaired) electrons. The third-order valence-corrected chi connectivity index (χ3v) is 3.59. The van der Waals surface area contributed by atoms with Crippen molar-refractivity contribution in [2.75, 3.05) is 26.4 Å². The zero-order chi connectivity index (χ0) is 12.9. The van der Waals surface area contributed by atoms with Gasteiger partial charge in [0.1, 0.15) is 5.54 Å². The lowest BCUT2D eigenvalue weighted by Crippen LogP contribution is -2.58. The Labute approximate surface area is 101 Å². The second-order valence-corrected chi connectivity index (χ2v) is 4.78. The molecule has 1 amide bonds. The number of carbonyl (C=O) groups is 1. The van der Waals surface area contributed by atoms with E-state index in [1.807, 2.05) is 0 Å². The van der Waals surface area contributed by atoms with Crippen molar-refractivity contribution in [3.63, 3.8) is 0 Å². The van der Waals surface area contributed by atoms with E-state index in [1.54, 1.807) is 0 Å². The zero-order valence-electron chi connectivity index (χ0n) is 9.93. The number of aliphatic hydroxyl groups is 3. The van der Waals surface area contributed by atoms with Gasteiger partial charge >= 0.3 is 0 Å². The second-order valence-electron chi connectivity index (χ2n) is 4.78. The first-order valence-corrected chi connectivity index (χ1v) is 5.97. The largest absolute Gasteiger partial charge is 0.394 e. The molecule has 6 heteroatoms. The fourth-order valence-electron chi connectivity index (χ4n) is 2.29. The van der Waals surface area contributed by atoms with Crippen LogP contribution >= 0.6 is 0 Å². The molecular formula is C11H22N2O4. The molecule has 1 aliphatic carbocycles. The summed E-state index contributed by atoms with van der Waals surface area (Å²) in [6.07, 6.45) is 2.66. The van der Waals surface area contributed by atoms with Gasteiger partial charge in [-0.1, -0.05) is 6.42 Å². The molecule has 0 aliphatic heterocycles. The molecule has 1 saturated carbocycles. The lowest BCUT2D eigenvalue weighted by Gasteiger charge is -2.31. The highest BCUT2D eigenvalue weighted by Gasteiger charge is 2.37. The monoisotopic (exact) mass is 246 g/mol. The van der Waals surface area contributed by atoms with Gasteiger partial charge in [-0.25, -0.2) is 0 Å². The number of aliphatic hydroxyl groups excluding tert-OH is 3. The molecule has 6 nitrogen and oxygen atoms in total. The van der Waals surface area contributed by atoms with E-state index >= 15 is 0 Å². The van der Waals surface area contributed by atoms with Crippen molar-refractivity contribution in [3.8, 4) is 0 Å². The summed E-state index contributed by atoms with van der Waals surface area (Å²) < 4.78 is 0. The van der Waals surface area contributed by atoms with E-state index in [1.165, 1.54) is 0 Å². The molecule has 6 N–H and O–H groups in total. The Kier molecular flexibility index (Phi) is 5.32. The summed E-state index contributed by atoms with van der Waals surface area (Å²) in [5, 5.41) is 29.9. The van der Waals surface area contributed by atoms with Gasteiger partial charge in [-0.05, 0) is 25.3 Å². The highest BCUT2D eigenvalue weighted by Crippen LogP contribution is 2.31. The van der Waals surface area contributed by atoms with Crippen LogP contribution in [0.5, 0.6) is 0 Å². The van der Waals surface area contributed by atoms with Crippen molar-refractivity contribution in [2.24, 2.45) is 17.6 Å². The van der Waals surface area contributed by atoms with E-state index < -0.39 is 25.4 Å². The maximum atomic E-state index is 12.0. The first-order chi connectivity index (χ1) is 8.12. The number of hydrogen-bond donors (Lipinski definition) is 5. The van der Waals surface area contributed by atoms with Gasteiger partial charge in [-0.15, -0.1) is 0 Å². The third-order valence-electron chi connectivity index (χ3n) is 3.59. The van der Waals surface area contributed by atoms with Crippen LogP contribution in [0.3, 0.4) is 0 Å². The Balaban J connectivity index is 2.64. The minimum Gasteiger partial charge on any atom is -0.394 e. The minimum absolute atomic E-state index is 0.156. The van der Waals surface area contributed by atoms with E-state index in [9.17, 15) is 4.79 Å². The highest BCUT2D eigenvalue weighted by atomic mass is 16.3. The van der Waals surface area contributed by atoms with Gasteiger partial charge in [-0.3, -0.25) is 4.79 Å². The van der Waals surface area contributed by atoms with Crippen LogP contribution in [0.1, 0.15) is 19.3 Å². The van der Waals surface area contributed by atoms with Crippen molar-refractivity contribution in [3.05, 3.63) is 0 Å². The van der Waals surface area contributed by atoms with E-state index in [4.69, 9.17) is 21.1 Å². The molecule has 1 aliphatic rings. The first-order valence-electron chi connectivity index (χ1n) is 5.97. The maximum absolute atomic E-state index is 12.0. The third kappa shape index (κ3) is 3.16. The Morgan fingerprint density at radius 2 is 1.82 bits per heavy atom. The number of hydrogen-bond acceptors (Lipinski definition) is 5. The second kappa shape index (κ2) is 6.30. The topological polar surface area (TPSA) is 116 Å². The van der Waals surface area contributed by atoms with Crippen LogP contribution in [0.25, 0.3) is 0 Å². The summed E-state index contributed by atoms with van der Waals surface area (Å²) >= 11 is 0. The molecule has 100 valence electrons. The number of rotatable bonds is 6. The fourth-order valence-corrected chi connectivity index (χ4v) is 2.29. The Bertz CT molecular complexity index is 248. The molecule has 0 aromatic rings. The van der Waals surface area contributed by atoms with Crippen molar-refractivity contribution in [1.29, 1.82) is 0 Å². The number of carbonyl (C=O) groups excluding carboxylic acids is 1. The Morgan fingerprint density at radius 1 is 1.24 bits per heavy atom. The lowest BCUT2D eigenvalue weighted by atomic mass is 9.93. The summed E-state index contributed by atoms with van der Waals surface area (Å²) in [4.78, 5) is 12.0. The van der Waals surface area contributed by atoms with Crippen LogP contribution in [-0.4, -0.2) is 53.1 Å². The maximum Gasteiger partial charge on any atom is 0.224 e. The van der Waals surface area contributed by atoms with E-state index in [0.717, 1.165) is 19.3 Å². The van der Waals surface area contributed by atoms with Gasteiger partial charge in [0, 0.05) is 5.92 Å². The van der Waals surface area contributed by atoms with Crippen LogP contribution in [0.15, 0.2) is 0 Å². The van der Waals surface area contributed by atoms with Crippen LogP contribution in [0.2, 0.25) is 0 Å². The summed E-state index contributed by atoms with van der Waals surface area (Å²) in [7, 11) is 0. The van der Waals surface area contributed by atoms with Gasteiger partial charge in [0.05, 0.1) is 19.8 Å². The molecule has 2 atom stereocenters. The molecule has 0 bridgehead atoms. The van der Waals surface area contributed by atoms with Crippen LogP contribution < -0.4 is 11.1 Å². The first kappa shape index (κ1) is 14.4. The predicted octanol–water partition coefficient (Wildman–Crippen LogP) is -1.81. The highest BCUT2D eigenvalue weighted by molar-refractivity contribution is 5.80. The smallest absolute Gasteiger partial charge is 0.224 e. The molecule has 0 heterocycles. The molecule has 1 rings (SSSR count). The van der Waals surface area contributed by atoms with Gasteiger partial charge in [0.15, 0.2) is 0 Å². The zero-order valence-corrected chi connectivity index (χ0v) is 9.93. The quantitative estimate of drug-likeness (QED) is 0.379. The predicted molar refractivity (Wildman–Crippen MR) is 62.0 cm³/mol. The molecule has 0 spiro atoms. The molecule has 0 aromatic carbocycles. The van der Waals surface area contributed by atoms with Crippen molar-refractivity contribution >= 4 is 5.91 Å². The lowest BCUT2D eigenvalue weighted by molar-refractivity contribution is -0.130. The van der Waals surface area contributed by atoms with Crippen molar-refractivity contribution in [2.45, 2.75) is 24.8 Å². The minimum atomic E-state index is -1.33. The molecular weight excluding hydrogens is 224 g/mol. The number of amides is 1. The van der Waals surface area contributed by atoms with Gasteiger partial charge in [-0.2, -0.15) is 0 Å². The molecule has 0 saturated heterocycles. The summed E-state index contributed by atoms with van der Waals surface area (Å²) in [5.41, 5.74) is 4.26. The van der Waals surface area contributed by atoms with Crippen molar-refractivity contribution in [1.82, 2.24) is 5.32 Å². The Morgan fingerprint density at radius 3 is 2.29 bits per heavy atom. The summed E-state index contributed by atoms with van der Waals surface area (Å²) in [6, 6.07) is 0. The Hall–Kier alpha value is -0.690. The normalized spacial score (nSPS) is 24.9. The van der Waals surface area contributed by atoms with E-state index in [2.05, 4.69) is 5.32 Å². The SMILES string of the molecule is NCC1CCCC1C(=O)NC(CO)(CO)CO. The van der Waals surface area contributed by atoms with Gasteiger partial charge in [0.2, 0.25) is 5.91 Å². The standard InChI is InChI=1S/C11H22N2O4/c12-4-8-2-1-3-9(8)10(17)13-11(5-14,6-15)7-16/h8-9,14-16H,1-7,12H2,(H,13,17). The van der Waals surface area contributed by atoms with E-state index in [0.29, 0.717) is 6.54 Å². The summed E-state index contributed by atoms with van der Waals surface area (Å²) in [6.45, 7) is -1.02. The fraction of sp³-hybridized carbons (Fsp3) is 0.909. The van der Waals surface area contributed by atoms with Crippen LogP contribution in [0, 0.1) is 11.8 Å². The molecule has 2 unspecified atom stereocenters. The van der Waals surface area contributed by atoms with Crippen LogP contribution in [-0.2, 0) is 4.79 Å². The van der Waals surface area contributed by atoms with Crippen LogP contribution in [0.4, 0.5) is 0 Å². The number of nitrogens with two attached hydrogens (primary N) is 1. The average Bonchev–Trinajstić information content (AvgIpc) is 2.84.